The predicted molar refractivity (Wildman–Crippen MR) is 77.6 cm³/mol. The first-order chi connectivity index (χ1) is 9.69. The van der Waals surface area contributed by atoms with E-state index in [1.807, 2.05) is 10.6 Å². The van der Waals surface area contributed by atoms with Crippen LogP contribution in [-0.2, 0) is 17.8 Å². The van der Waals surface area contributed by atoms with Crippen LogP contribution in [0.1, 0.15) is 17.8 Å². The number of rotatable bonds is 5. The molecule has 1 aromatic carbocycles. The van der Waals surface area contributed by atoms with E-state index in [9.17, 15) is 4.79 Å². The SMILES string of the molecule is CNC(=O)CCn1c(CCCl)nc2ccc(C#N)cc21. The van der Waals surface area contributed by atoms with Crippen LogP contribution in [0.5, 0.6) is 0 Å². The molecule has 1 heterocycles. The molecule has 0 aliphatic carbocycles. The number of aromatic nitrogens is 2. The van der Waals surface area contributed by atoms with E-state index in [-0.39, 0.29) is 5.91 Å². The van der Waals surface area contributed by atoms with Gasteiger partial charge < -0.3 is 9.88 Å². The molecule has 1 aromatic heterocycles. The fourth-order valence-corrected chi connectivity index (χ4v) is 2.27. The lowest BCUT2D eigenvalue weighted by Gasteiger charge is -2.08. The van der Waals surface area contributed by atoms with E-state index in [1.54, 1.807) is 19.2 Å². The fraction of sp³-hybridized carbons (Fsp3) is 0.357. The van der Waals surface area contributed by atoms with Gasteiger partial charge in [-0.25, -0.2) is 4.98 Å². The van der Waals surface area contributed by atoms with Crippen molar-refractivity contribution in [1.82, 2.24) is 14.9 Å². The zero-order valence-electron chi connectivity index (χ0n) is 11.2. The third-order valence-electron chi connectivity index (χ3n) is 3.12. The number of halogens is 1. The van der Waals surface area contributed by atoms with Crippen LogP contribution in [0.15, 0.2) is 18.2 Å². The maximum Gasteiger partial charge on any atom is 0.221 e. The Morgan fingerprint density at radius 2 is 2.35 bits per heavy atom. The van der Waals surface area contributed by atoms with Gasteiger partial charge in [-0.05, 0) is 18.2 Å². The van der Waals surface area contributed by atoms with Gasteiger partial charge >= 0.3 is 0 Å². The van der Waals surface area contributed by atoms with Gasteiger partial charge in [-0.2, -0.15) is 5.26 Å². The summed E-state index contributed by atoms with van der Waals surface area (Å²) in [6, 6.07) is 7.47. The minimum atomic E-state index is -0.0277. The Hall–Kier alpha value is -2.06. The van der Waals surface area contributed by atoms with E-state index in [1.165, 1.54) is 0 Å². The number of nitriles is 1. The van der Waals surface area contributed by atoms with Crippen molar-refractivity contribution in [2.24, 2.45) is 0 Å². The van der Waals surface area contributed by atoms with Crippen LogP contribution in [0, 0.1) is 11.3 Å². The number of amides is 1. The molecule has 0 bridgehead atoms. The van der Waals surface area contributed by atoms with E-state index in [0.29, 0.717) is 30.8 Å². The number of carbonyl (C=O) groups excluding carboxylic acids is 1. The largest absolute Gasteiger partial charge is 0.359 e. The van der Waals surface area contributed by atoms with E-state index in [2.05, 4.69) is 16.4 Å². The van der Waals surface area contributed by atoms with E-state index >= 15 is 0 Å². The Morgan fingerprint density at radius 1 is 1.55 bits per heavy atom. The molecule has 2 rings (SSSR count). The van der Waals surface area contributed by atoms with Crippen molar-refractivity contribution >= 4 is 28.5 Å². The number of hydrogen-bond acceptors (Lipinski definition) is 3. The summed E-state index contributed by atoms with van der Waals surface area (Å²) in [5.74, 6) is 1.28. The number of hydrogen-bond donors (Lipinski definition) is 1. The predicted octanol–water partition coefficient (Wildman–Crippen LogP) is 1.83. The van der Waals surface area contributed by atoms with Crippen LogP contribution in [0.25, 0.3) is 11.0 Å². The summed E-state index contributed by atoms with van der Waals surface area (Å²) in [4.78, 5) is 15.9. The first kappa shape index (κ1) is 14.4. The normalized spacial score (nSPS) is 10.4. The highest BCUT2D eigenvalue weighted by Gasteiger charge is 2.12. The van der Waals surface area contributed by atoms with Crippen molar-refractivity contribution in [3.63, 3.8) is 0 Å². The highest BCUT2D eigenvalue weighted by molar-refractivity contribution is 6.17. The number of nitrogens with zero attached hydrogens (tertiary/aromatic N) is 3. The van der Waals surface area contributed by atoms with E-state index in [0.717, 1.165) is 16.9 Å². The van der Waals surface area contributed by atoms with Crippen LogP contribution in [-0.4, -0.2) is 28.4 Å². The molecule has 104 valence electrons. The van der Waals surface area contributed by atoms with E-state index < -0.39 is 0 Å². The van der Waals surface area contributed by atoms with Gasteiger partial charge in [0.2, 0.25) is 5.91 Å². The molecule has 0 saturated carbocycles. The molecule has 1 N–H and O–H groups in total. The summed E-state index contributed by atoms with van der Waals surface area (Å²) in [6.07, 6.45) is 1.000. The average molecular weight is 291 g/mol. The monoisotopic (exact) mass is 290 g/mol. The minimum absolute atomic E-state index is 0.0277. The molecule has 2 aromatic rings. The summed E-state index contributed by atoms with van der Waals surface area (Å²) < 4.78 is 1.97. The molecule has 0 aliphatic heterocycles. The quantitative estimate of drug-likeness (QED) is 0.854. The second-order valence-corrected chi connectivity index (χ2v) is 4.74. The topological polar surface area (TPSA) is 70.7 Å². The summed E-state index contributed by atoms with van der Waals surface area (Å²) in [5.41, 5.74) is 2.27. The lowest BCUT2D eigenvalue weighted by atomic mass is 10.2. The summed E-state index contributed by atoms with van der Waals surface area (Å²) in [7, 11) is 1.61. The first-order valence-corrected chi connectivity index (χ1v) is 6.89. The van der Waals surface area contributed by atoms with Crippen molar-refractivity contribution in [3.05, 3.63) is 29.6 Å². The molecule has 0 fully saturated rings. The lowest BCUT2D eigenvalue weighted by molar-refractivity contribution is -0.120. The smallest absolute Gasteiger partial charge is 0.221 e. The Bertz CT molecular complexity index is 672. The molecule has 0 radical (unpaired) electrons. The molecule has 20 heavy (non-hydrogen) atoms. The van der Waals surface area contributed by atoms with E-state index in [4.69, 9.17) is 16.9 Å². The van der Waals surface area contributed by atoms with Gasteiger partial charge in [-0.15, -0.1) is 11.6 Å². The number of benzene rings is 1. The van der Waals surface area contributed by atoms with Crippen LogP contribution >= 0.6 is 11.6 Å². The van der Waals surface area contributed by atoms with Crippen LogP contribution < -0.4 is 5.32 Å². The molecule has 0 aliphatic rings. The number of aryl methyl sites for hydroxylation is 2. The van der Waals surface area contributed by atoms with Crippen molar-refractivity contribution in [1.29, 1.82) is 5.26 Å². The van der Waals surface area contributed by atoms with Gasteiger partial charge in [-0.3, -0.25) is 4.79 Å². The summed E-state index contributed by atoms with van der Waals surface area (Å²) in [5, 5.41) is 11.6. The van der Waals surface area contributed by atoms with Crippen LogP contribution in [0.3, 0.4) is 0 Å². The zero-order chi connectivity index (χ0) is 14.5. The lowest BCUT2D eigenvalue weighted by Crippen LogP contribution is -2.20. The maximum atomic E-state index is 11.4. The zero-order valence-corrected chi connectivity index (χ0v) is 11.9. The molecule has 0 unspecified atom stereocenters. The highest BCUT2D eigenvalue weighted by Crippen LogP contribution is 2.19. The van der Waals surface area contributed by atoms with Crippen molar-refractivity contribution < 1.29 is 4.79 Å². The third-order valence-corrected chi connectivity index (χ3v) is 3.30. The van der Waals surface area contributed by atoms with Crippen molar-refractivity contribution in [3.8, 4) is 6.07 Å². The minimum Gasteiger partial charge on any atom is -0.359 e. The second-order valence-electron chi connectivity index (χ2n) is 4.36. The molecule has 0 spiro atoms. The Kier molecular flexibility index (Phi) is 4.59. The van der Waals surface area contributed by atoms with Crippen molar-refractivity contribution in [2.75, 3.05) is 12.9 Å². The number of imidazole rings is 1. The van der Waals surface area contributed by atoms with Crippen molar-refractivity contribution in [2.45, 2.75) is 19.4 Å². The first-order valence-electron chi connectivity index (χ1n) is 6.35. The average Bonchev–Trinajstić information content (AvgIpc) is 2.81. The molecule has 6 heteroatoms. The van der Waals surface area contributed by atoms with Crippen LogP contribution in [0.2, 0.25) is 0 Å². The van der Waals surface area contributed by atoms with Crippen LogP contribution in [0.4, 0.5) is 0 Å². The van der Waals surface area contributed by atoms with Gasteiger partial charge in [-0.1, -0.05) is 0 Å². The number of fused-ring (bicyclic) bond motifs is 1. The molecule has 0 atom stereocenters. The molecule has 0 saturated heterocycles. The molecular formula is C14H15ClN4O. The Labute approximate surface area is 122 Å². The Morgan fingerprint density at radius 3 is 3.00 bits per heavy atom. The molecule has 1 amide bonds. The Balaban J connectivity index is 2.43. The number of nitrogens with one attached hydrogen (secondary N) is 1. The number of carbonyl (C=O) groups is 1. The second kappa shape index (κ2) is 6.40. The fourth-order valence-electron chi connectivity index (χ4n) is 2.11. The van der Waals surface area contributed by atoms with Gasteiger partial charge in [0.1, 0.15) is 5.82 Å². The summed E-state index contributed by atoms with van der Waals surface area (Å²) in [6.45, 7) is 0.525. The van der Waals surface area contributed by atoms with Gasteiger partial charge in [0, 0.05) is 32.3 Å². The highest BCUT2D eigenvalue weighted by atomic mass is 35.5. The third kappa shape index (κ3) is 2.91. The van der Waals surface area contributed by atoms with Gasteiger partial charge in [0.25, 0.3) is 0 Å². The standard InChI is InChI=1S/C14H15ClN4O/c1-17-14(20)5-7-19-12-8-10(9-16)2-3-11(12)18-13(19)4-6-15/h2-3,8H,4-7H2,1H3,(H,17,20). The van der Waals surface area contributed by atoms with Gasteiger partial charge in [0.15, 0.2) is 0 Å². The molecule has 5 nitrogen and oxygen atoms in total. The van der Waals surface area contributed by atoms with Gasteiger partial charge in [0.05, 0.1) is 22.7 Å². The molecular weight excluding hydrogens is 276 g/mol. The summed E-state index contributed by atoms with van der Waals surface area (Å²) >= 11 is 5.80. The number of alkyl halides is 1. The maximum absolute atomic E-state index is 11.4.